The van der Waals surface area contributed by atoms with E-state index in [1.165, 1.54) is 9.40 Å². The van der Waals surface area contributed by atoms with E-state index in [-0.39, 0.29) is 0 Å². The summed E-state index contributed by atoms with van der Waals surface area (Å²) in [6.07, 6.45) is 0.181. The Kier molecular flexibility index (Phi) is 3.00. The van der Waals surface area contributed by atoms with Crippen LogP contribution in [0.2, 0.25) is 5.02 Å². The highest BCUT2D eigenvalue weighted by atomic mass is 35.5. The van der Waals surface area contributed by atoms with Crippen LogP contribution in [0.1, 0.15) is 22.1 Å². The summed E-state index contributed by atoms with van der Waals surface area (Å²) in [6, 6.07) is 7.87. The number of aliphatic hydroxyl groups is 1. The molecule has 2 aromatic heterocycles. The number of halogens is 1. The van der Waals surface area contributed by atoms with Crippen LogP contribution in [0.25, 0.3) is 9.40 Å². The maximum Gasteiger partial charge on any atom is 0.128 e. The van der Waals surface area contributed by atoms with Gasteiger partial charge < -0.3 is 9.84 Å². The molecule has 1 atom stereocenters. The normalized spacial score (nSPS) is 15.3. The molecular formula is C15H11ClO2S2. The molecule has 0 saturated heterocycles. The van der Waals surface area contributed by atoms with E-state index in [0.29, 0.717) is 11.6 Å². The summed E-state index contributed by atoms with van der Waals surface area (Å²) in [6.45, 7) is 0.662. The number of benzene rings is 1. The van der Waals surface area contributed by atoms with Crippen molar-refractivity contribution >= 4 is 43.7 Å². The highest BCUT2D eigenvalue weighted by molar-refractivity contribution is 7.26. The van der Waals surface area contributed by atoms with Gasteiger partial charge in [-0.15, -0.1) is 22.7 Å². The van der Waals surface area contributed by atoms with Gasteiger partial charge in [-0.1, -0.05) is 11.6 Å². The summed E-state index contributed by atoms with van der Waals surface area (Å²) < 4.78 is 8.09. The zero-order chi connectivity index (χ0) is 13.7. The van der Waals surface area contributed by atoms with E-state index >= 15 is 0 Å². The van der Waals surface area contributed by atoms with Gasteiger partial charge in [0.2, 0.25) is 0 Å². The van der Waals surface area contributed by atoms with Crippen molar-refractivity contribution in [3.05, 3.63) is 50.7 Å². The van der Waals surface area contributed by atoms with Crippen molar-refractivity contribution in [1.82, 2.24) is 0 Å². The molecule has 102 valence electrons. The summed E-state index contributed by atoms with van der Waals surface area (Å²) in [7, 11) is 0. The van der Waals surface area contributed by atoms with Gasteiger partial charge in [-0.25, -0.2) is 0 Å². The van der Waals surface area contributed by atoms with Crippen LogP contribution >= 0.6 is 34.3 Å². The molecule has 0 amide bonds. The van der Waals surface area contributed by atoms with E-state index in [1.807, 2.05) is 12.1 Å². The molecule has 1 aliphatic rings. The lowest BCUT2D eigenvalue weighted by Gasteiger charge is -2.14. The fraction of sp³-hybridized carbons (Fsp3) is 0.200. The largest absolute Gasteiger partial charge is 0.493 e. The van der Waals surface area contributed by atoms with Crippen LogP contribution in [0.3, 0.4) is 0 Å². The fourth-order valence-corrected chi connectivity index (χ4v) is 4.95. The number of fused-ring (bicyclic) bond motifs is 2. The second-order valence-corrected chi connectivity index (χ2v) is 7.28. The minimum absolute atomic E-state index is 0.654. The van der Waals surface area contributed by atoms with Gasteiger partial charge in [0.15, 0.2) is 0 Å². The van der Waals surface area contributed by atoms with Crippen molar-refractivity contribution in [2.24, 2.45) is 0 Å². The number of thiophene rings is 2. The van der Waals surface area contributed by atoms with Crippen molar-refractivity contribution < 1.29 is 9.84 Å². The van der Waals surface area contributed by atoms with Gasteiger partial charge in [0.25, 0.3) is 0 Å². The molecule has 1 N–H and O–H groups in total. The maximum atomic E-state index is 10.7. The second-order valence-electron chi connectivity index (χ2n) is 4.78. The summed E-state index contributed by atoms with van der Waals surface area (Å²) in [4.78, 5) is 0.937. The topological polar surface area (TPSA) is 29.5 Å². The van der Waals surface area contributed by atoms with E-state index in [4.69, 9.17) is 16.3 Å². The highest BCUT2D eigenvalue weighted by Crippen LogP contribution is 2.42. The van der Waals surface area contributed by atoms with Gasteiger partial charge in [0.05, 0.1) is 6.61 Å². The van der Waals surface area contributed by atoms with Gasteiger partial charge in [0.1, 0.15) is 11.9 Å². The zero-order valence-electron chi connectivity index (χ0n) is 10.4. The average molecular weight is 323 g/mol. The second kappa shape index (κ2) is 4.74. The molecular weight excluding hydrogens is 312 g/mol. The Balaban J connectivity index is 1.82. The number of hydrogen-bond acceptors (Lipinski definition) is 4. The summed E-state index contributed by atoms with van der Waals surface area (Å²) in [5.41, 5.74) is 1.86. The molecule has 0 radical (unpaired) electrons. The molecule has 0 spiro atoms. The zero-order valence-corrected chi connectivity index (χ0v) is 12.8. The molecule has 1 unspecified atom stereocenters. The molecule has 4 rings (SSSR count). The Morgan fingerprint density at radius 2 is 2.15 bits per heavy atom. The third kappa shape index (κ3) is 1.95. The molecule has 0 fully saturated rings. The smallest absolute Gasteiger partial charge is 0.128 e. The third-order valence-corrected chi connectivity index (χ3v) is 5.86. The number of hydrogen-bond donors (Lipinski definition) is 1. The Bertz CT molecular complexity index is 762. The molecule has 20 heavy (non-hydrogen) atoms. The first-order valence-electron chi connectivity index (χ1n) is 6.32. The molecule has 0 aliphatic carbocycles. The number of rotatable bonds is 2. The van der Waals surface area contributed by atoms with Crippen molar-refractivity contribution in [1.29, 1.82) is 0 Å². The minimum Gasteiger partial charge on any atom is -0.493 e. The van der Waals surface area contributed by atoms with Crippen LogP contribution < -0.4 is 4.74 Å². The lowest BCUT2D eigenvalue weighted by Crippen LogP contribution is -2.00. The van der Waals surface area contributed by atoms with Crippen LogP contribution in [0.5, 0.6) is 5.75 Å². The van der Waals surface area contributed by atoms with Crippen LogP contribution in [-0.2, 0) is 6.42 Å². The van der Waals surface area contributed by atoms with Crippen LogP contribution in [0, 0.1) is 0 Å². The molecule has 3 aromatic rings. The van der Waals surface area contributed by atoms with Crippen molar-refractivity contribution in [2.45, 2.75) is 12.5 Å². The Morgan fingerprint density at radius 3 is 3.00 bits per heavy atom. The first kappa shape index (κ1) is 12.7. The first-order valence-corrected chi connectivity index (χ1v) is 8.40. The molecule has 3 heterocycles. The van der Waals surface area contributed by atoms with Gasteiger partial charge >= 0.3 is 0 Å². The standard InChI is InChI=1S/C15H11ClO2S2/c16-9-5-8-1-3-18-15(8)10(6-9)14(17)13-7-12-11(20-13)2-4-19-12/h2,4-7,14,17H,1,3H2. The molecule has 0 bridgehead atoms. The van der Waals surface area contributed by atoms with Crippen LogP contribution in [0.4, 0.5) is 0 Å². The number of aliphatic hydroxyl groups excluding tert-OH is 1. The Hall–Kier alpha value is -1.07. The predicted octanol–water partition coefficient (Wildman–Crippen LogP) is 4.63. The van der Waals surface area contributed by atoms with E-state index in [1.54, 1.807) is 22.7 Å². The van der Waals surface area contributed by atoms with E-state index < -0.39 is 6.10 Å². The maximum absolute atomic E-state index is 10.7. The summed E-state index contributed by atoms with van der Waals surface area (Å²) >= 11 is 9.47. The van der Waals surface area contributed by atoms with Crippen LogP contribution in [0.15, 0.2) is 29.6 Å². The average Bonchev–Trinajstić information content (AvgIpc) is 3.10. The Morgan fingerprint density at radius 1 is 1.25 bits per heavy atom. The first-order chi connectivity index (χ1) is 9.72. The summed E-state index contributed by atoms with van der Waals surface area (Å²) in [5, 5.41) is 13.4. The fourth-order valence-electron chi connectivity index (χ4n) is 2.57. The minimum atomic E-state index is -0.676. The van der Waals surface area contributed by atoms with Crippen molar-refractivity contribution in [3.8, 4) is 5.75 Å². The van der Waals surface area contributed by atoms with Gasteiger partial charge in [-0.2, -0.15) is 0 Å². The lowest BCUT2D eigenvalue weighted by molar-refractivity contribution is 0.217. The van der Waals surface area contributed by atoms with Gasteiger partial charge in [-0.05, 0) is 35.2 Å². The van der Waals surface area contributed by atoms with E-state index in [9.17, 15) is 5.11 Å². The SMILES string of the molecule is OC(c1cc2sccc2s1)c1cc(Cl)cc2c1OCC2. The van der Waals surface area contributed by atoms with Crippen molar-refractivity contribution in [2.75, 3.05) is 6.61 Å². The molecule has 1 aliphatic heterocycles. The predicted molar refractivity (Wildman–Crippen MR) is 84.4 cm³/mol. The van der Waals surface area contributed by atoms with Gasteiger partial charge in [0, 0.05) is 31.3 Å². The number of ether oxygens (including phenoxy) is 1. The van der Waals surface area contributed by atoms with Crippen LogP contribution in [-0.4, -0.2) is 11.7 Å². The molecule has 0 saturated carbocycles. The highest BCUT2D eigenvalue weighted by Gasteiger charge is 2.24. The van der Waals surface area contributed by atoms with E-state index in [0.717, 1.165) is 28.2 Å². The van der Waals surface area contributed by atoms with E-state index in [2.05, 4.69) is 17.5 Å². The lowest BCUT2D eigenvalue weighted by atomic mass is 10.0. The third-order valence-electron chi connectivity index (χ3n) is 3.50. The quantitative estimate of drug-likeness (QED) is 0.745. The molecule has 5 heteroatoms. The monoisotopic (exact) mass is 322 g/mol. The molecule has 1 aromatic carbocycles. The summed E-state index contributed by atoms with van der Waals surface area (Å²) in [5.74, 6) is 0.804. The van der Waals surface area contributed by atoms with Gasteiger partial charge in [-0.3, -0.25) is 0 Å². The Labute approximate surface area is 129 Å². The van der Waals surface area contributed by atoms with Crippen molar-refractivity contribution in [3.63, 3.8) is 0 Å². The molecule has 2 nitrogen and oxygen atoms in total.